The molecule has 2 saturated heterocycles. The highest BCUT2D eigenvalue weighted by Gasteiger charge is 2.73. The molecular weight excluding hydrogens is 768 g/mol. The van der Waals surface area contributed by atoms with Gasteiger partial charge in [-0.3, -0.25) is 14.4 Å². The van der Waals surface area contributed by atoms with Gasteiger partial charge in [0.05, 0.1) is 18.9 Å². The first-order valence-corrected chi connectivity index (χ1v) is 20.7. The second-order valence-corrected chi connectivity index (χ2v) is 16.8. The van der Waals surface area contributed by atoms with Crippen LogP contribution in [-0.4, -0.2) is 78.0 Å². The van der Waals surface area contributed by atoms with Crippen LogP contribution in [0, 0.1) is 11.8 Å². The van der Waals surface area contributed by atoms with Crippen LogP contribution in [-0.2, 0) is 57.3 Å². The number of benzene rings is 3. The lowest BCUT2D eigenvalue weighted by Gasteiger charge is -2.38. The van der Waals surface area contributed by atoms with Crippen molar-refractivity contribution in [2.75, 3.05) is 13.2 Å². The second kappa shape index (κ2) is 16.2. The number of esters is 1. The molecule has 2 heterocycles. The third kappa shape index (κ3) is 7.34. The summed E-state index contributed by atoms with van der Waals surface area (Å²) >= 11 is 0. The van der Waals surface area contributed by atoms with Gasteiger partial charge in [-0.25, -0.2) is 4.39 Å². The summed E-state index contributed by atoms with van der Waals surface area (Å²) < 4.78 is 47.3. The molecule has 312 valence electrons. The number of halogens is 1. The first-order valence-electron chi connectivity index (χ1n) is 20.7. The highest BCUT2D eigenvalue weighted by atomic mass is 19.1. The molecule has 3 aromatic rings. The number of hydrogen-bond acceptors (Lipinski definition) is 11. The molecule has 0 radical (unpaired) electrons. The van der Waals surface area contributed by atoms with E-state index in [0.29, 0.717) is 12.8 Å². The van der Waals surface area contributed by atoms with Crippen molar-refractivity contribution in [2.45, 2.75) is 94.0 Å². The molecule has 4 aliphatic carbocycles. The number of ether oxygens (including phenoxy) is 5. The molecule has 6 unspecified atom stereocenters. The van der Waals surface area contributed by atoms with E-state index in [1.54, 1.807) is 0 Å². The summed E-state index contributed by atoms with van der Waals surface area (Å²) in [4.78, 5) is 39.8. The molecule has 60 heavy (non-hydrogen) atoms. The molecule has 11 nitrogen and oxygen atoms in total. The normalized spacial score (nSPS) is 29.1. The number of ketones is 2. The lowest BCUT2D eigenvalue weighted by molar-refractivity contribution is -0.355. The Bertz CT molecular complexity index is 2350. The number of nitrogens with two attached hydrogens (primary N) is 2. The average molecular weight is 817 g/mol. The summed E-state index contributed by atoms with van der Waals surface area (Å²) in [5, 5.41) is 12.4. The number of aliphatic hydroxyl groups is 1. The van der Waals surface area contributed by atoms with Gasteiger partial charge in [-0.05, 0) is 94.7 Å². The van der Waals surface area contributed by atoms with Gasteiger partial charge in [-0.1, -0.05) is 97.9 Å². The van der Waals surface area contributed by atoms with E-state index in [4.69, 9.17) is 35.2 Å². The number of carbonyl (C=O) groups excluding carboxylic acids is 3. The highest BCUT2D eigenvalue weighted by Crippen LogP contribution is 2.54. The summed E-state index contributed by atoms with van der Waals surface area (Å²) in [5.41, 5.74) is 22.9. The van der Waals surface area contributed by atoms with Gasteiger partial charge in [-0.15, -0.1) is 0 Å². The monoisotopic (exact) mass is 816 g/mol. The van der Waals surface area contributed by atoms with E-state index in [2.05, 4.69) is 30.4 Å². The fraction of sp³-hybridized carbons (Fsp3) is 0.396. The van der Waals surface area contributed by atoms with Gasteiger partial charge in [0.2, 0.25) is 11.6 Å². The number of hydrogen-bond donors (Lipinski definition) is 3. The van der Waals surface area contributed by atoms with Crippen LogP contribution < -0.4 is 11.5 Å². The van der Waals surface area contributed by atoms with Crippen molar-refractivity contribution in [3.05, 3.63) is 136 Å². The lowest BCUT2D eigenvalue weighted by atomic mass is 9.83. The predicted molar refractivity (Wildman–Crippen MR) is 220 cm³/mol. The van der Waals surface area contributed by atoms with Crippen LogP contribution in [0.5, 0.6) is 0 Å². The molecule has 5 N–H and O–H groups in total. The first kappa shape index (κ1) is 40.5. The van der Waals surface area contributed by atoms with Gasteiger partial charge >= 0.3 is 5.97 Å². The van der Waals surface area contributed by atoms with E-state index < -0.39 is 84.5 Å². The molecule has 0 spiro atoms. The number of aliphatic hydroxyl groups excluding tert-OH is 1. The Balaban J connectivity index is 0.991. The van der Waals surface area contributed by atoms with Crippen LogP contribution in [0.25, 0.3) is 16.7 Å². The zero-order chi connectivity index (χ0) is 41.8. The highest BCUT2D eigenvalue weighted by molar-refractivity contribution is 6.10. The van der Waals surface area contributed by atoms with Crippen LogP contribution in [0.2, 0.25) is 0 Å². The number of Topliss-reactive ketones (excluding diaryl/α,β-unsaturated/α-hetero) is 2. The van der Waals surface area contributed by atoms with Crippen molar-refractivity contribution in [3.8, 4) is 0 Å². The van der Waals surface area contributed by atoms with Gasteiger partial charge in [0, 0.05) is 12.0 Å². The Morgan fingerprint density at radius 3 is 2.00 bits per heavy atom. The van der Waals surface area contributed by atoms with Crippen molar-refractivity contribution in [1.29, 1.82) is 0 Å². The number of rotatable bonds is 14. The Morgan fingerprint density at radius 2 is 1.40 bits per heavy atom. The SMILES string of the molecule is CC(CC1=CCc2ccccc21)C1OC2[C@@H](O)[C@](COC(=O)C(N)CC3=CCc4ccccc43)(OCC(N)CC3=CCc4ccccc43)O[C@]2(C2C=C(F)C(=O)CC2=O)O1. The molecule has 9 rings (SSSR count). The third-order valence-corrected chi connectivity index (χ3v) is 12.7. The minimum Gasteiger partial charge on any atom is -0.459 e. The van der Waals surface area contributed by atoms with Crippen molar-refractivity contribution in [1.82, 2.24) is 0 Å². The Morgan fingerprint density at radius 1 is 0.850 bits per heavy atom. The van der Waals surface area contributed by atoms with E-state index in [1.807, 2.05) is 67.6 Å². The lowest BCUT2D eigenvalue weighted by Crippen LogP contribution is -2.53. The largest absolute Gasteiger partial charge is 0.459 e. The minimum absolute atomic E-state index is 0.193. The summed E-state index contributed by atoms with van der Waals surface area (Å²) in [6.45, 7) is 1.02. The third-order valence-electron chi connectivity index (χ3n) is 12.7. The Kier molecular flexibility index (Phi) is 10.9. The maximum Gasteiger partial charge on any atom is 0.323 e. The van der Waals surface area contributed by atoms with Gasteiger partial charge in [0.25, 0.3) is 0 Å². The fourth-order valence-corrected chi connectivity index (χ4v) is 9.59. The number of carbonyl (C=O) groups is 3. The number of allylic oxidation sites excluding steroid dienone is 5. The van der Waals surface area contributed by atoms with Gasteiger partial charge < -0.3 is 40.3 Å². The molecule has 0 aromatic heterocycles. The van der Waals surface area contributed by atoms with E-state index in [1.165, 1.54) is 11.1 Å². The molecule has 2 aliphatic heterocycles. The molecule has 2 fully saturated rings. The predicted octanol–water partition coefficient (Wildman–Crippen LogP) is 5.46. The zero-order valence-electron chi connectivity index (χ0n) is 33.4. The molecule has 3 aromatic carbocycles. The molecule has 0 bridgehead atoms. The van der Waals surface area contributed by atoms with E-state index in [-0.39, 0.29) is 18.9 Å². The van der Waals surface area contributed by atoms with Crippen LogP contribution in [0.1, 0.15) is 66.0 Å². The van der Waals surface area contributed by atoms with Crippen LogP contribution in [0.4, 0.5) is 4.39 Å². The van der Waals surface area contributed by atoms with Gasteiger partial charge in [0.15, 0.2) is 23.7 Å². The molecular formula is C48H49FN2O9. The maximum atomic E-state index is 15.2. The molecule has 0 saturated carbocycles. The molecule has 12 heteroatoms. The average Bonchev–Trinajstić information content (AvgIpc) is 4.07. The quantitative estimate of drug-likeness (QED) is 0.140. The van der Waals surface area contributed by atoms with Crippen molar-refractivity contribution < 1.29 is 47.6 Å². The standard InChI is InChI=1S/C48H49FN2O9/c1-27(20-31-17-14-28-8-2-5-11-35(28)31)46-58-44-43(54)47(60-48(44,59-46)38-23-39(49)42(53)24-41(38)52,57-25-34(50)21-32-18-15-29-9-3-6-12-36(29)32)26-56-45(55)40(51)22-33-19-16-30-10-4-7-13-37(30)33/h2-13,17-19,23,27,34,38,40,43-44,46,54H,14-16,20-22,24-26,50-51H2,1H3/t27?,34?,38?,40?,43-,44?,46?,47-,48+/m1/s1. The van der Waals surface area contributed by atoms with Crippen LogP contribution in [0.15, 0.2) is 103 Å². The summed E-state index contributed by atoms with van der Waals surface area (Å²) in [5.74, 6) is -9.85. The summed E-state index contributed by atoms with van der Waals surface area (Å²) in [6, 6.07) is 22.3. The topological polar surface area (TPSA) is 170 Å². The van der Waals surface area contributed by atoms with Crippen molar-refractivity contribution in [2.24, 2.45) is 23.3 Å². The summed E-state index contributed by atoms with van der Waals surface area (Å²) in [6.07, 6.45) is 5.59. The maximum absolute atomic E-state index is 15.2. The van der Waals surface area contributed by atoms with E-state index in [9.17, 15) is 19.5 Å². The van der Waals surface area contributed by atoms with E-state index in [0.717, 1.165) is 64.3 Å². The fourth-order valence-electron chi connectivity index (χ4n) is 9.59. The van der Waals surface area contributed by atoms with E-state index >= 15 is 4.39 Å². The minimum atomic E-state index is -2.22. The van der Waals surface area contributed by atoms with Crippen LogP contribution >= 0.6 is 0 Å². The zero-order valence-corrected chi connectivity index (χ0v) is 33.4. The number of fused-ring (bicyclic) bond motifs is 4. The van der Waals surface area contributed by atoms with Crippen molar-refractivity contribution in [3.63, 3.8) is 0 Å². The first-order chi connectivity index (χ1) is 28.9. The van der Waals surface area contributed by atoms with Crippen molar-refractivity contribution >= 4 is 34.3 Å². The molecule has 0 amide bonds. The summed E-state index contributed by atoms with van der Waals surface area (Å²) in [7, 11) is 0. The van der Waals surface area contributed by atoms with Crippen LogP contribution in [0.3, 0.4) is 0 Å². The Labute approximate surface area is 347 Å². The molecule has 6 aliphatic rings. The second-order valence-electron chi connectivity index (χ2n) is 16.8. The Hall–Kier alpha value is -4.92. The van der Waals surface area contributed by atoms with Gasteiger partial charge in [-0.2, -0.15) is 0 Å². The molecule has 9 atom stereocenters. The van der Waals surface area contributed by atoms with Gasteiger partial charge in [0.1, 0.15) is 24.9 Å². The smallest absolute Gasteiger partial charge is 0.323 e.